The first kappa shape index (κ1) is 34.7. The van der Waals surface area contributed by atoms with E-state index in [1.54, 1.807) is 31.4 Å². The largest absolute Gasteiger partial charge is 0.497 e. The molecule has 13 heteroatoms. The minimum absolute atomic E-state index is 0.0154. The predicted octanol–water partition coefficient (Wildman–Crippen LogP) is 2.08. The number of ether oxygens (including phenoxy) is 3. The number of nitrogens with zero attached hydrogens (tertiary/aromatic N) is 1. The molecule has 1 fully saturated rings. The van der Waals surface area contributed by atoms with Crippen LogP contribution in [0.2, 0.25) is 0 Å². The molecule has 2 unspecified atom stereocenters. The van der Waals surface area contributed by atoms with Crippen LogP contribution in [-0.4, -0.2) is 89.1 Å². The Bertz CT molecular complexity index is 1380. The molecule has 2 amide bonds. The van der Waals surface area contributed by atoms with Crippen molar-refractivity contribution in [1.82, 2.24) is 10.2 Å². The van der Waals surface area contributed by atoms with Crippen molar-refractivity contribution in [1.29, 1.82) is 5.41 Å². The molecule has 3 rings (SSSR count). The van der Waals surface area contributed by atoms with Crippen LogP contribution in [0.4, 0.5) is 0 Å². The SMILES string of the molecule is COCCOCCCC(=O)CC(CS(=O)(=O)c1ccc(OC)cc1)C(=O)N1CCCC1C(=O)NCc1ccc(C(=N)N)cc1. The van der Waals surface area contributed by atoms with E-state index >= 15 is 0 Å². The number of benzene rings is 2. The van der Waals surface area contributed by atoms with Crippen molar-refractivity contribution >= 4 is 33.3 Å². The molecular formula is C31H42N4O8S. The summed E-state index contributed by atoms with van der Waals surface area (Å²) in [6.45, 7) is 1.66. The fourth-order valence-electron chi connectivity index (χ4n) is 5.00. The Morgan fingerprint density at radius 2 is 1.75 bits per heavy atom. The van der Waals surface area contributed by atoms with E-state index in [4.69, 9.17) is 25.4 Å². The number of sulfone groups is 1. The first-order chi connectivity index (χ1) is 21.1. The Balaban J connectivity index is 1.71. The minimum atomic E-state index is -3.95. The van der Waals surface area contributed by atoms with Gasteiger partial charge in [0.1, 0.15) is 23.4 Å². The Labute approximate surface area is 258 Å². The lowest BCUT2D eigenvalue weighted by molar-refractivity contribution is -0.142. The number of methoxy groups -OCH3 is 2. The fourth-order valence-corrected chi connectivity index (χ4v) is 6.53. The molecule has 2 aromatic rings. The molecule has 0 saturated carbocycles. The third-order valence-electron chi connectivity index (χ3n) is 7.41. The number of amides is 2. The smallest absolute Gasteiger partial charge is 0.243 e. The molecule has 1 aliphatic heterocycles. The molecule has 1 heterocycles. The first-order valence-electron chi connectivity index (χ1n) is 14.5. The van der Waals surface area contributed by atoms with E-state index in [0.29, 0.717) is 50.4 Å². The number of carbonyl (C=O) groups excluding carboxylic acids is 3. The standard InChI is InChI=1S/C31H42N4O8S/c1-41-17-18-43-16-4-5-25(36)19-24(21-44(39,40)27-13-11-26(42-2)12-14-27)31(38)35-15-3-6-28(35)30(37)34-20-22-7-9-23(10-8-22)29(32)33/h7-14,24,28H,3-6,15-21H2,1-2H3,(H3,32,33)(H,34,37). The highest BCUT2D eigenvalue weighted by molar-refractivity contribution is 7.91. The second kappa shape index (κ2) is 16.9. The van der Waals surface area contributed by atoms with E-state index in [2.05, 4.69) is 5.32 Å². The van der Waals surface area contributed by atoms with Crippen molar-refractivity contribution in [3.05, 3.63) is 59.7 Å². The molecular weight excluding hydrogens is 588 g/mol. The van der Waals surface area contributed by atoms with Crippen LogP contribution in [-0.2, 0) is 40.2 Å². The molecule has 12 nitrogen and oxygen atoms in total. The molecule has 240 valence electrons. The van der Waals surface area contributed by atoms with Gasteiger partial charge in [-0.1, -0.05) is 24.3 Å². The van der Waals surface area contributed by atoms with E-state index in [9.17, 15) is 22.8 Å². The Morgan fingerprint density at radius 3 is 2.39 bits per heavy atom. The number of carbonyl (C=O) groups is 3. The highest BCUT2D eigenvalue weighted by atomic mass is 32.2. The zero-order valence-electron chi connectivity index (χ0n) is 25.3. The van der Waals surface area contributed by atoms with Crippen LogP contribution < -0.4 is 15.8 Å². The van der Waals surface area contributed by atoms with E-state index in [1.807, 2.05) is 0 Å². The fraction of sp³-hybridized carbons (Fsp3) is 0.484. The molecule has 44 heavy (non-hydrogen) atoms. The maximum atomic E-state index is 13.9. The summed E-state index contributed by atoms with van der Waals surface area (Å²) in [5.41, 5.74) is 6.86. The molecule has 4 N–H and O–H groups in total. The van der Waals surface area contributed by atoms with Gasteiger partial charge in [0.2, 0.25) is 11.8 Å². The van der Waals surface area contributed by atoms with E-state index < -0.39 is 33.5 Å². The third kappa shape index (κ3) is 10.1. The maximum Gasteiger partial charge on any atom is 0.243 e. The number of nitrogen functional groups attached to an aromatic ring is 1. The van der Waals surface area contributed by atoms with Crippen molar-refractivity contribution in [2.45, 2.75) is 49.6 Å². The number of rotatable bonds is 18. The number of ketones is 1. The van der Waals surface area contributed by atoms with E-state index in [-0.39, 0.29) is 48.4 Å². The van der Waals surface area contributed by atoms with Crippen LogP contribution in [0.3, 0.4) is 0 Å². The number of likely N-dealkylation sites (tertiary alicyclic amines) is 1. The quantitative estimate of drug-likeness (QED) is 0.126. The highest BCUT2D eigenvalue weighted by Gasteiger charge is 2.39. The molecule has 0 spiro atoms. The first-order valence-corrected chi connectivity index (χ1v) is 16.2. The van der Waals surface area contributed by atoms with Gasteiger partial charge in [0, 0.05) is 45.2 Å². The molecule has 0 aliphatic carbocycles. The molecule has 2 atom stereocenters. The third-order valence-corrected chi connectivity index (χ3v) is 9.24. The molecule has 0 radical (unpaired) electrons. The molecule has 0 aromatic heterocycles. The average Bonchev–Trinajstić information content (AvgIpc) is 3.51. The summed E-state index contributed by atoms with van der Waals surface area (Å²) in [6.07, 6.45) is 1.29. The van der Waals surface area contributed by atoms with Gasteiger partial charge in [0.25, 0.3) is 0 Å². The minimum Gasteiger partial charge on any atom is -0.497 e. The zero-order chi connectivity index (χ0) is 32.1. The Morgan fingerprint density at radius 1 is 1.05 bits per heavy atom. The zero-order valence-corrected chi connectivity index (χ0v) is 26.1. The van der Waals surface area contributed by atoms with Gasteiger partial charge in [0.15, 0.2) is 9.84 Å². The number of Topliss-reactive ketones (excluding diaryl/α,β-unsaturated/α-hetero) is 1. The van der Waals surface area contributed by atoms with Gasteiger partial charge in [-0.3, -0.25) is 19.8 Å². The van der Waals surface area contributed by atoms with Gasteiger partial charge < -0.3 is 30.2 Å². The monoisotopic (exact) mass is 630 g/mol. The van der Waals surface area contributed by atoms with Gasteiger partial charge in [0.05, 0.1) is 36.9 Å². The average molecular weight is 631 g/mol. The lowest BCUT2D eigenvalue weighted by atomic mass is 9.99. The second-order valence-electron chi connectivity index (χ2n) is 10.6. The van der Waals surface area contributed by atoms with Crippen LogP contribution >= 0.6 is 0 Å². The summed E-state index contributed by atoms with van der Waals surface area (Å²) in [4.78, 5) is 41.4. The van der Waals surface area contributed by atoms with Crippen LogP contribution in [0.1, 0.15) is 43.2 Å². The van der Waals surface area contributed by atoms with Gasteiger partial charge in [-0.05, 0) is 49.1 Å². The summed E-state index contributed by atoms with van der Waals surface area (Å²) in [5.74, 6) is -2.44. The van der Waals surface area contributed by atoms with Crippen molar-refractivity contribution in [3.8, 4) is 5.75 Å². The highest BCUT2D eigenvalue weighted by Crippen LogP contribution is 2.26. The lowest BCUT2D eigenvalue weighted by Gasteiger charge is -2.28. The Kier molecular flexibility index (Phi) is 13.3. The van der Waals surface area contributed by atoms with Crippen molar-refractivity contribution in [3.63, 3.8) is 0 Å². The molecule has 2 aromatic carbocycles. The number of amidine groups is 1. The van der Waals surface area contributed by atoms with E-state index in [0.717, 1.165) is 5.56 Å². The van der Waals surface area contributed by atoms with Gasteiger partial charge in [-0.2, -0.15) is 0 Å². The van der Waals surface area contributed by atoms with Gasteiger partial charge >= 0.3 is 0 Å². The normalized spacial score (nSPS) is 15.5. The van der Waals surface area contributed by atoms with Crippen molar-refractivity contribution in [2.75, 3.05) is 46.3 Å². The van der Waals surface area contributed by atoms with Crippen LogP contribution in [0, 0.1) is 11.3 Å². The summed E-state index contributed by atoms with van der Waals surface area (Å²) in [5, 5.41) is 10.4. The summed E-state index contributed by atoms with van der Waals surface area (Å²) in [7, 11) is -0.917. The molecule has 1 aliphatic rings. The predicted molar refractivity (Wildman–Crippen MR) is 164 cm³/mol. The van der Waals surface area contributed by atoms with Crippen molar-refractivity contribution < 1.29 is 37.0 Å². The lowest BCUT2D eigenvalue weighted by Crippen LogP contribution is -2.49. The number of nitrogens with two attached hydrogens (primary N) is 1. The Hall–Kier alpha value is -3.81. The van der Waals surface area contributed by atoms with E-state index in [1.165, 1.54) is 36.3 Å². The van der Waals surface area contributed by atoms with Crippen LogP contribution in [0.15, 0.2) is 53.4 Å². The summed E-state index contributed by atoms with van der Waals surface area (Å²) >= 11 is 0. The molecule has 0 bridgehead atoms. The summed E-state index contributed by atoms with van der Waals surface area (Å²) < 4.78 is 42.2. The van der Waals surface area contributed by atoms with Crippen molar-refractivity contribution in [2.24, 2.45) is 11.7 Å². The number of nitrogens with one attached hydrogen (secondary N) is 2. The van der Waals surface area contributed by atoms with Crippen LogP contribution in [0.5, 0.6) is 5.75 Å². The summed E-state index contributed by atoms with van der Waals surface area (Å²) in [6, 6.07) is 12.0. The van der Waals surface area contributed by atoms with Crippen LogP contribution in [0.25, 0.3) is 0 Å². The maximum absolute atomic E-state index is 13.9. The topological polar surface area (TPSA) is 178 Å². The van der Waals surface area contributed by atoms with Gasteiger partial charge in [-0.15, -0.1) is 0 Å². The second-order valence-corrected chi connectivity index (χ2v) is 12.7. The number of hydrogen-bond acceptors (Lipinski definition) is 9. The van der Waals surface area contributed by atoms with Gasteiger partial charge in [-0.25, -0.2) is 8.42 Å². The number of hydrogen-bond donors (Lipinski definition) is 3. The molecule has 1 saturated heterocycles.